The van der Waals surface area contributed by atoms with E-state index in [1.54, 1.807) is 24.1 Å². The highest BCUT2D eigenvalue weighted by atomic mass is 16.7. The van der Waals surface area contributed by atoms with Crippen molar-refractivity contribution in [2.45, 2.75) is 38.9 Å². The molecule has 0 unspecified atom stereocenters. The summed E-state index contributed by atoms with van der Waals surface area (Å²) in [6, 6.07) is 5.40. The fourth-order valence-electron chi connectivity index (χ4n) is 2.97. The number of morpholine rings is 1. The van der Waals surface area contributed by atoms with E-state index in [1.165, 1.54) is 0 Å². The molecule has 6 nitrogen and oxygen atoms in total. The molecule has 1 amide bonds. The molecule has 0 aliphatic carbocycles. The zero-order valence-corrected chi connectivity index (χ0v) is 15.6. The van der Waals surface area contributed by atoms with Crippen LogP contribution >= 0.6 is 0 Å². The summed E-state index contributed by atoms with van der Waals surface area (Å²) in [5, 5.41) is 0. The van der Waals surface area contributed by atoms with Crippen molar-refractivity contribution in [2.24, 2.45) is 0 Å². The van der Waals surface area contributed by atoms with Gasteiger partial charge in [0, 0.05) is 24.1 Å². The van der Waals surface area contributed by atoms with Gasteiger partial charge in [0.15, 0.2) is 0 Å². The SMILES string of the molecule is COc1ccc(C(=O)N2CCOCC2)cc1B1OC(C)(C)C(C)(C)O1. The number of carbonyl (C=O) groups is 1. The summed E-state index contributed by atoms with van der Waals surface area (Å²) < 4.78 is 23.0. The standard InChI is InChI=1S/C18H26BNO5/c1-17(2)18(3,4)25-19(24-17)14-12-13(6-7-15(14)22-5)16(21)20-8-10-23-11-9-20/h6-7,12H,8-11H2,1-5H3. The molecule has 0 spiro atoms. The van der Waals surface area contributed by atoms with E-state index in [0.717, 1.165) is 5.46 Å². The number of amides is 1. The Morgan fingerprint density at radius 1 is 1.12 bits per heavy atom. The fourth-order valence-corrected chi connectivity index (χ4v) is 2.97. The molecule has 7 heteroatoms. The maximum Gasteiger partial charge on any atom is 0.498 e. The smallest absolute Gasteiger partial charge is 0.497 e. The normalized spacial score (nSPS) is 22.1. The highest BCUT2D eigenvalue weighted by Crippen LogP contribution is 2.37. The summed E-state index contributed by atoms with van der Waals surface area (Å²) in [6.45, 7) is 10.4. The Bertz CT molecular complexity index is 639. The van der Waals surface area contributed by atoms with Crippen LogP contribution in [0.15, 0.2) is 18.2 Å². The first kappa shape index (κ1) is 18.2. The van der Waals surface area contributed by atoms with E-state index in [2.05, 4.69) is 0 Å². The molecule has 0 aromatic heterocycles. The van der Waals surface area contributed by atoms with E-state index in [4.69, 9.17) is 18.8 Å². The zero-order chi connectivity index (χ0) is 18.2. The highest BCUT2D eigenvalue weighted by Gasteiger charge is 2.52. The number of hydrogen-bond donors (Lipinski definition) is 0. The van der Waals surface area contributed by atoms with Gasteiger partial charge >= 0.3 is 7.12 Å². The first-order valence-electron chi connectivity index (χ1n) is 8.66. The number of nitrogens with zero attached hydrogens (tertiary/aromatic N) is 1. The van der Waals surface area contributed by atoms with E-state index in [0.29, 0.717) is 37.6 Å². The summed E-state index contributed by atoms with van der Waals surface area (Å²) in [5.74, 6) is 0.640. The largest absolute Gasteiger partial charge is 0.498 e. The predicted octanol–water partition coefficient (Wildman–Crippen LogP) is 1.47. The van der Waals surface area contributed by atoms with Crippen molar-refractivity contribution in [1.82, 2.24) is 4.90 Å². The molecular formula is C18H26BNO5. The van der Waals surface area contributed by atoms with Crippen LogP contribution in [0, 0.1) is 0 Å². The lowest BCUT2D eigenvalue weighted by Crippen LogP contribution is -2.41. The van der Waals surface area contributed by atoms with E-state index in [9.17, 15) is 4.79 Å². The summed E-state index contributed by atoms with van der Waals surface area (Å²) in [5.41, 5.74) is 0.437. The third kappa shape index (κ3) is 3.41. The molecule has 1 aromatic carbocycles. The Morgan fingerprint density at radius 3 is 2.28 bits per heavy atom. The van der Waals surface area contributed by atoms with Crippen molar-refractivity contribution >= 4 is 18.5 Å². The minimum absolute atomic E-state index is 0.0104. The Labute approximate surface area is 149 Å². The lowest BCUT2D eigenvalue weighted by molar-refractivity contribution is 0.00578. The molecule has 0 radical (unpaired) electrons. The Kier molecular flexibility index (Phi) is 4.83. The lowest BCUT2D eigenvalue weighted by atomic mass is 9.77. The molecule has 0 N–H and O–H groups in total. The molecule has 2 aliphatic heterocycles. The van der Waals surface area contributed by atoms with Crippen molar-refractivity contribution < 1.29 is 23.6 Å². The third-order valence-corrected chi connectivity index (χ3v) is 5.28. The third-order valence-electron chi connectivity index (χ3n) is 5.28. The quantitative estimate of drug-likeness (QED) is 0.775. The number of methoxy groups -OCH3 is 1. The fraction of sp³-hybridized carbons (Fsp3) is 0.611. The van der Waals surface area contributed by atoms with Crippen LogP contribution in [0.5, 0.6) is 5.75 Å². The maximum atomic E-state index is 12.8. The molecule has 1 aromatic rings. The van der Waals surface area contributed by atoms with Crippen LogP contribution in [-0.4, -0.2) is 62.5 Å². The number of hydrogen-bond acceptors (Lipinski definition) is 5. The molecule has 136 valence electrons. The van der Waals surface area contributed by atoms with Gasteiger partial charge < -0.3 is 23.7 Å². The van der Waals surface area contributed by atoms with Crippen LogP contribution in [0.4, 0.5) is 0 Å². The monoisotopic (exact) mass is 347 g/mol. The van der Waals surface area contributed by atoms with Gasteiger partial charge in [-0.05, 0) is 45.9 Å². The summed E-state index contributed by atoms with van der Waals surface area (Å²) in [7, 11) is 1.03. The molecule has 3 rings (SSSR count). The summed E-state index contributed by atoms with van der Waals surface area (Å²) >= 11 is 0. The van der Waals surface area contributed by atoms with E-state index in [-0.39, 0.29) is 5.91 Å². The average Bonchev–Trinajstić information content (AvgIpc) is 2.82. The zero-order valence-electron chi connectivity index (χ0n) is 15.6. The minimum Gasteiger partial charge on any atom is -0.497 e. The van der Waals surface area contributed by atoms with Crippen LogP contribution < -0.4 is 10.2 Å². The van der Waals surface area contributed by atoms with Crippen molar-refractivity contribution in [3.8, 4) is 5.75 Å². The first-order valence-corrected chi connectivity index (χ1v) is 8.66. The molecule has 0 saturated carbocycles. The molecule has 2 fully saturated rings. The van der Waals surface area contributed by atoms with Gasteiger partial charge in [0.2, 0.25) is 0 Å². The molecule has 0 atom stereocenters. The van der Waals surface area contributed by atoms with Gasteiger partial charge in [-0.25, -0.2) is 0 Å². The Balaban J connectivity index is 1.90. The minimum atomic E-state index is -0.572. The predicted molar refractivity (Wildman–Crippen MR) is 95.4 cm³/mol. The number of carbonyl (C=O) groups excluding carboxylic acids is 1. The molecule has 25 heavy (non-hydrogen) atoms. The van der Waals surface area contributed by atoms with Gasteiger partial charge in [0.05, 0.1) is 31.5 Å². The van der Waals surface area contributed by atoms with E-state index < -0.39 is 18.3 Å². The number of benzene rings is 1. The molecule has 2 heterocycles. The van der Waals surface area contributed by atoms with Gasteiger partial charge in [-0.3, -0.25) is 4.79 Å². The number of ether oxygens (including phenoxy) is 2. The number of rotatable bonds is 3. The second-order valence-electron chi connectivity index (χ2n) is 7.45. The summed E-state index contributed by atoms with van der Waals surface area (Å²) in [4.78, 5) is 14.6. The van der Waals surface area contributed by atoms with Gasteiger partial charge in [0.25, 0.3) is 5.91 Å². The maximum absolute atomic E-state index is 12.8. The van der Waals surface area contributed by atoms with Gasteiger partial charge in [-0.2, -0.15) is 0 Å². The molecular weight excluding hydrogens is 321 g/mol. The van der Waals surface area contributed by atoms with Crippen LogP contribution in [0.2, 0.25) is 0 Å². The van der Waals surface area contributed by atoms with Crippen LogP contribution in [0.25, 0.3) is 0 Å². The van der Waals surface area contributed by atoms with Gasteiger partial charge in [0.1, 0.15) is 5.75 Å². The molecule has 2 aliphatic rings. The Hall–Kier alpha value is -1.57. The lowest BCUT2D eigenvalue weighted by Gasteiger charge is -2.32. The summed E-state index contributed by atoms with van der Waals surface area (Å²) in [6.07, 6.45) is 0. The van der Waals surface area contributed by atoms with Crippen molar-refractivity contribution in [3.05, 3.63) is 23.8 Å². The van der Waals surface area contributed by atoms with Crippen molar-refractivity contribution in [2.75, 3.05) is 33.4 Å². The van der Waals surface area contributed by atoms with Crippen LogP contribution in [0.1, 0.15) is 38.1 Å². The molecule has 2 saturated heterocycles. The van der Waals surface area contributed by atoms with Crippen molar-refractivity contribution in [1.29, 1.82) is 0 Å². The van der Waals surface area contributed by atoms with Crippen LogP contribution in [0.3, 0.4) is 0 Å². The van der Waals surface area contributed by atoms with E-state index in [1.807, 2.05) is 33.8 Å². The second-order valence-corrected chi connectivity index (χ2v) is 7.45. The Morgan fingerprint density at radius 2 is 1.72 bits per heavy atom. The topological polar surface area (TPSA) is 57.2 Å². The first-order chi connectivity index (χ1) is 11.7. The van der Waals surface area contributed by atoms with Gasteiger partial charge in [-0.1, -0.05) is 0 Å². The van der Waals surface area contributed by atoms with E-state index >= 15 is 0 Å². The van der Waals surface area contributed by atoms with Gasteiger partial charge in [-0.15, -0.1) is 0 Å². The second kappa shape index (κ2) is 6.63. The highest BCUT2D eigenvalue weighted by molar-refractivity contribution is 6.63. The van der Waals surface area contributed by atoms with Crippen LogP contribution in [-0.2, 0) is 14.0 Å². The average molecular weight is 347 g/mol. The molecule has 0 bridgehead atoms. The van der Waals surface area contributed by atoms with Crippen molar-refractivity contribution in [3.63, 3.8) is 0 Å².